The summed E-state index contributed by atoms with van der Waals surface area (Å²) >= 11 is 0. The first kappa shape index (κ1) is 13.6. The summed E-state index contributed by atoms with van der Waals surface area (Å²) in [6.45, 7) is 2.24. The second-order valence-corrected chi connectivity index (χ2v) is 6.62. The van der Waals surface area contributed by atoms with Gasteiger partial charge in [0, 0.05) is 11.7 Å². The van der Waals surface area contributed by atoms with Crippen molar-refractivity contribution in [3.05, 3.63) is 17.5 Å². The van der Waals surface area contributed by atoms with Gasteiger partial charge in [-0.1, -0.05) is 19.3 Å². The maximum atomic E-state index is 12.2. The van der Waals surface area contributed by atoms with E-state index in [1.165, 1.54) is 19.3 Å². The van der Waals surface area contributed by atoms with E-state index in [-0.39, 0.29) is 17.1 Å². The van der Waals surface area contributed by atoms with Gasteiger partial charge in [-0.25, -0.2) is 9.97 Å². The number of carbonyl (C=O) groups excluding carboxylic acids is 1. The minimum absolute atomic E-state index is 0.0792. The number of hydrogen-bond acceptors (Lipinski definition) is 4. The van der Waals surface area contributed by atoms with E-state index in [9.17, 15) is 4.79 Å². The van der Waals surface area contributed by atoms with E-state index in [1.54, 1.807) is 0 Å². The Kier molecular flexibility index (Phi) is 3.53. The summed E-state index contributed by atoms with van der Waals surface area (Å²) in [5, 5.41) is 3.47. The van der Waals surface area contributed by atoms with Gasteiger partial charge in [-0.05, 0) is 44.0 Å². The van der Waals surface area contributed by atoms with E-state index in [0.717, 1.165) is 31.2 Å². The lowest BCUT2D eigenvalue weighted by molar-refractivity contribution is 0.0968. The second-order valence-electron chi connectivity index (χ2n) is 6.62. The first-order valence-corrected chi connectivity index (χ1v) is 7.76. The SMILES string of the molecule is BC1CCc2cnc(NC3(C)CCCCC3)nc2C1=O. The van der Waals surface area contributed by atoms with Crippen LogP contribution in [0.3, 0.4) is 0 Å². The van der Waals surface area contributed by atoms with Gasteiger partial charge in [0.2, 0.25) is 5.95 Å². The topological polar surface area (TPSA) is 54.9 Å². The Bertz CT molecular complexity index is 526. The van der Waals surface area contributed by atoms with Crippen LogP contribution in [0.5, 0.6) is 0 Å². The Balaban J connectivity index is 1.83. The molecule has 1 saturated carbocycles. The third-order valence-electron chi connectivity index (χ3n) is 4.76. The average Bonchev–Trinajstić information content (AvgIpc) is 2.44. The van der Waals surface area contributed by atoms with Gasteiger partial charge in [-0.15, -0.1) is 0 Å². The molecule has 0 spiro atoms. The lowest BCUT2D eigenvalue weighted by Crippen LogP contribution is -2.37. The van der Waals surface area contributed by atoms with Crippen molar-refractivity contribution < 1.29 is 4.79 Å². The number of aryl methyl sites for hydroxylation is 1. The zero-order valence-electron chi connectivity index (χ0n) is 12.4. The van der Waals surface area contributed by atoms with Gasteiger partial charge in [0.1, 0.15) is 13.5 Å². The summed E-state index contributed by atoms with van der Waals surface area (Å²) in [5.74, 6) is 0.886. The normalized spacial score (nSPS) is 25.1. The predicted octanol–water partition coefficient (Wildman–Crippen LogP) is 2.16. The van der Waals surface area contributed by atoms with Crippen molar-refractivity contribution in [2.75, 3.05) is 5.32 Å². The molecule has 106 valence electrons. The van der Waals surface area contributed by atoms with E-state index in [2.05, 4.69) is 22.2 Å². The molecule has 3 rings (SSSR count). The molecule has 0 amide bonds. The number of rotatable bonds is 2. The number of anilines is 1. The fourth-order valence-corrected chi connectivity index (χ4v) is 3.33. The molecule has 5 heteroatoms. The molecule has 1 atom stereocenters. The van der Waals surface area contributed by atoms with Crippen molar-refractivity contribution in [3.63, 3.8) is 0 Å². The summed E-state index contributed by atoms with van der Waals surface area (Å²) in [7, 11) is 1.99. The molecule has 1 aromatic heterocycles. The fraction of sp³-hybridized carbons (Fsp3) is 0.667. The molecule has 20 heavy (non-hydrogen) atoms. The number of nitrogens with one attached hydrogen (secondary N) is 1. The summed E-state index contributed by atoms with van der Waals surface area (Å²) in [6, 6.07) is 0. The number of nitrogens with zero attached hydrogens (tertiary/aromatic N) is 2. The van der Waals surface area contributed by atoms with Crippen LogP contribution in [0.4, 0.5) is 5.95 Å². The first-order chi connectivity index (χ1) is 9.57. The first-order valence-electron chi connectivity index (χ1n) is 7.76. The van der Waals surface area contributed by atoms with E-state index < -0.39 is 0 Å². The number of fused-ring (bicyclic) bond motifs is 1. The van der Waals surface area contributed by atoms with Crippen LogP contribution in [0.15, 0.2) is 6.20 Å². The molecule has 0 saturated heterocycles. The van der Waals surface area contributed by atoms with Gasteiger partial charge in [-0.2, -0.15) is 0 Å². The molecule has 1 heterocycles. The minimum atomic E-state index is 0.0792. The van der Waals surface area contributed by atoms with Crippen LogP contribution >= 0.6 is 0 Å². The smallest absolute Gasteiger partial charge is 0.223 e. The summed E-state index contributed by atoms with van der Waals surface area (Å²) < 4.78 is 0. The van der Waals surface area contributed by atoms with E-state index in [4.69, 9.17) is 0 Å². The molecule has 1 fully saturated rings. The molecule has 0 aliphatic heterocycles. The third-order valence-corrected chi connectivity index (χ3v) is 4.76. The highest BCUT2D eigenvalue weighted by Crippen LogP contribution is 2.31. The molecule has 2 aliphatic rings. The predicted molar refractivity (Wildman–Crippen MR) is 82.1 cm³/mol. The van der Waals surface area contributed by atoms with Gasteiger partial charge < -0.3 is 5.32 Å². The van der Waals surface area contributed by atoms with Crippen LogP contribution in [0.25, 0.3) is 0 Å². The fourth-order valence-electron chi connectivity index (χ4n) is 3.33. The minimum Gasteiger partial charge on any atom is -0.349 e. The average molecular weight is 271 g/mol. The van der Waals surface area contributed by atoms with Gasteiger partial charge in [-0.3, -0.25) is 4.79 Å². The molecule has 1 N–H and O–H groups in total. The highest BCUT2D eigenvalue weighted by Gasteiger charge is 2.29. The lowest BCUT2D eigenvalue weighted by Gasteiger charge is -2.34. The number of hydrogen-bond donors (Lipinski definition) is 1. The lowest BCUT2D eigenvalue weighted by atomic mass is 9.74. The molecular weight excluding hydrogens is 249 g/mol. The molecule has 0 radical (unpaired) electrons. The van der Waals surface area contributed by atoms with Crippen molar-refractivity contribution in [2.24, 2.45) is 0 Å². The molecule has 2 aliphatic carbocycles. The number of ketones is 1. The van der Waals surface area contributed by atoms with Gasteiger partial charge in [0.05, 0.1) is 0 Å². The monoisotopic (exact) mass is 271 g/mol. The largest absolute Gasteiger partial charge is 0.349 e. The van der Waals surface area contributed by atoms with E-state index in [1.807, 2.05) is 14.0 Å². The standard InChI is InChI=1S/C15H22BN3O/c1-15(7-3-2-4-8-15)19-14-17-9-10-5-6-11(16)13(20)12(10)18-14/h9,11H,2-8,16H2,1H3,(H,17,18,19). The zero-order chi connectivity index (χ0) is 14.2. The van der Waals surface area contributed by atoms with Crippen LogP contribution in [0, 0.1) is 0 Å². The highest BCUT2D eigenvalue weighted by atomic mass is 16.1. The summed E-state index contributed by atoms with van der Waals surface area (Å²) in [6.07, 6.45) is 9.79. The number of Topliss-reactive ketones (excluding diaryl/α,β-unsaturated/α-hetero) is 1. The Labute approximate surface area is 121 Å². The van der Waals surface area contributed by atoms with Crippen LogP contribution in [0.2, 0.25) is 5.82 Å². The van der Waals surface area contributed by atoms with Gasteiger partial charge >= 0.3 is 0 Å². The van der Waals surface area contributed by atoms with Crippen molar-refractivity contribution in [3.8, 4) is 0 Å². The highest BCUT2D eigenvalue weighted by molar-refractivity contribution is 6.28. The molecule has 1 aromatic rings. The van der Waals surface area contributed by atoms with E-state index in [0.29, 0.717) is 11.6 Å². The molecule has 0 aromatic carbocycles. The Morgan fingerprint density at radius 2 is 2.10 bits per heavy atom. The van der Waals surface area contributed by atoms with Gasteiger partial charge in [0.15, 0.2) is 5.78 Å². The molecule has 1 unspecified atom stereocenters. The van der Waals surface area contributed by atoms with Crippen LogP contribution < -0.4 is 5.32 Å². The maximum absolute atomic E-state index is 12.2. The van der Waals surface area contributed by atoms with Crippen molar-refractivity contribution >= 4 is 19.6 Å². The van der Waals surface area contributed by atoms with Crippen LogP contribution in [0.1, 0.15) is 61.5 Å². The van der Waals surface area contributed by atoms with Crippen molar-refractivity contribution in [1.82, 2.24) is 9.97 Å². The third kappa shape index (κ3) is 2.58. The maximum Gasteiger partial charge on any atom is 0.223 e. The Morgan fingerprint density at radius 3 is 2.85 bits per heavy atom. The second kappa shape index (κ2) is 5.19. The summed E-state index contributed by atoms with van der Waals surface area (Å²) in [4.78, 5) is 21.2. The Hall–Kier alpha value is -1.39. The van der Waals surface area contributed by atoms with E-state index >= 15 is 0 Å². The zero-order valence-corrected chi connectivity index (χ0v) is 12.4. The molecular formula is C15H22BN3O. The quantitative estimate of drug-likeness (QED) is 0.837. The number of carbonyl (C=O) groups is 1. The van der Waals surface area contributed by atoms with Gasteiger partial charge in [0.25, 0.3) is 0 Å². The van der Waals surface area contributed by atoms with Crippen LogP contribution in [-0.4, -0.2) is 29.1 Å². The Morgan fingerprint density at radius 1 is 1.35 bits per heavy atom. The van der Waals surface area contributed by atoms with Crippen LogP contribution in [-0.2, 0) is 6.42 Å². The summed E-state index contributed by atoms with van der Waals surface area (Å²) in [5.41, 5.74) is 1.73. The molecule has 4 nitrogen and oxygen atoms in total. The molecule has 0 bridgehead atoms. The van der Waals surface area contributed by atoms with Crippen molar-refractivity contribution in [1.29, 1.82) is 0 Å². The van der Waals surface area contributed by atoms with Crippen molar-refractivity contribution in [2.45, 2.75) is 63.2 Å². The number of aromatic nitrogens is 2.